The van der Waals surface area contributed by atoms with Crippen molar-refractivity contribution in [3.63, 3.8) is 0 Å². The summed E-state index contributed by atoms with van der Waals surface area (Å²) in [5.41, 5.74) is 5.69. The molecule has 0 saturated carbocycles. The molecule has 0 unspecified atom stereocenters. The van der Waals surface area contributed by atoms with Gasteiger partial charge in [0.2, 0.25) is 0 Å². The first-order valence-electron chi connectivity index (χ1n) is 3.73. The van der Waals surface area contributed by atoms with Crippen LogP contribution in [0.5, 0.6) is 0 Å². The minimum absolute atomic E-state index is 0. The van der Waals surface area contributed by atoms with Crippen LogP contribution >= 0.6 is 12.4 Å². The molecule has 70 valence electrons. The summed E-state index contributed by atoms with van der Waals surface area (Å²) in [6.45, 7) is 1.93. The largest absolute Gasteiger partial charge is 0.462 e. The molecule has 0 aromatic carbocycles. The Morgan fingerprint density at radius 3 is 2.67 bits per heavy atom. The highest BCUT2D eigenvalue weighted by atomic mass is 35.5. The minimum atomic E-state index is -0.0591. The van der Waals surface area contributed by atoms with E-state index in [0.717, 1.165) is 12.2 Å². The average Bonchev–Trinajstić information content (AvgIpc) is 2.50. The Labute approximate surface area is 78.0 Å². The monoisotopic (exact) mass is 191 g/mol. The third kappa shape index (κ3) is 2.52. The van der Waals surface area contributed by atoms with Crippen molar-refractivity contribution in [2.75, 3.05) is 0 Å². The first-order valence-corrected chi connectivity index (χ1v) is 3.73. The number of hydrogen-bond acceptors (Lipinski definition) is 3. The fraction of sp³-hybridized carbons (Fsp3) is 0.500. The van der Waals surface area contributed by atoms with Crippen LogP contribution in [0.25, 0.3) is 0 Å². The van der Waals surface area contributed by atoms with Gasteiger partial charge >= 0.3 is 0 Å². The normalized spacial score (nSPS) is 12.2. The van der Waals surface area contributed by atoms with Gasteiger partial charge in [0.25, 0.3) is 0 Å². The van der Waals surface area contributed by atoms with Crippen molar-refractivity contribution in [3.8, 4) is 0 Å². The van der Waals surface area contributed by atoms with E-state index in [0.29, 0.717) is 5.76 Å². The summed E-state index contributed by atoms with van der Waals surface area (Å²) in [5, 5.41) is 8.67. The second-order valence-corrected chi connectivity index (χ2v) is 2.48. The van der Waals surface area contributed by atoms with Gasteiger partial charge in [-0.15, -0.1) is 12.4 Å². The van der Waals surface area contributed by atoms with Crippen LogP contribution in [-0.2, 0) is 6.61 Å². The third-order valence-corrected chi connectivity index (χ3v) is 1.64. The Bertz CT molecular complexity index is 225. The molecule has 4 heteroatoms. The summed E-state index contributed by atoms with van der Waals surface area (Å²) in [6, 6.07) is 3.50. The van der Waals surface area contributed by atoms with Gasteiger partial charge in [-0.2, -0.15) is 0 Å². The molecule has 0 spiro atoms. The zero-order valence-corrected chi connectivity index (χ0v) is 7.80. The lowest BCUT2D eigenvalue weighted by atomic mass is 10.2. The number of halogens is 1. The Morgan fingerprint density at radius 2 is 2.25 bits per heavy atom. The molecule has 0 radical (unpaired) electrons. The van der Waals surface area contributed by atoms with Crippen LogP contribution in [0.1, 0.15) is 30.9 Å². The molecule has 1 heterocycles. The lowest BCUT2D eigenvalue weighted by molar-refractivity contribution is 0.241. The predicted molar refractivity (Wildman–Crippen MR) is 49.1 cm³/mol. The van der Waals surface area contributed by atoms with E-state index in [1.165, 1.54) is 0 Å². The molecule has 0 fully saturated rings. The maximum absolute atomic E-state index is 8.67. The van der Waals surface area contributed by atoms with E-state index < -0.39 is 0 Å². The highest BCUT2D eigenvalue weighted by molar-refractivity contribution is 5.85. The summed E-state index contributed by atoms with van der Waals surface area (Å²) in [7, 11) is 0. The van der Waals surface area contributed by atoms with Crippen LogP contribution in [0.4, 0.5) is 0 Å². The molecule has 3 N–H and O–H groups in total. The molecule has 0 aliphatic heterocycles. The van der Waals surface area contributed by atoms with E-state index in [4.69, 9.17) is 15.3 Å². The first-order chi connectivity index (χ1) is 5.27. The quantitative estimate of drug-likeness (QED) is 0.763. The molecule has 1 aromatic rings. The Balaban J connectivity index is 0.00000121. The van der Waals surface area contributed by atoms with E-state index in [-0.39, 0.29) is 25.1 Å². The number of furan rings is 1. The van der Waals surface area contributed by atoms with Crippen molar-refractivity contribution >= 4 is 12.4 Å². The van der Waals surface area contributed by atoms with Gasteiger partial charge in [0.05, 0.1) is 6.04 Å². The summed E-state index contributed by atoms with van der Waals surface area (Å²) >= 11 is 0. The molecule has 0 amide bonds. The van der Waals surface area contributed by atoms with Gasteiger partial charge in [-0.05, 0) is 18.6 Å². The second-order valence-electron chi connectivity index (χ2n) is 2.48. The number of hydrogen-bond donors (Lipinski definition) is 2. The smallest absolute Gasteiger partial charge is 0.129 e. The van der Waals surface area contributed by atoms with Crippen molar-refractivity contribution < 1.29 is 9.52 Å². The van der Waals surface area contributed by atoms with Gasteiger partial charge in [-0.1, -0.05) is 6.92 Å². The Morgan fingerprint density at radius 1 is 1.58 bits per heavy atom. The molecule has 0 saturated heterocycles. The molecule has 0 bridgehead atoms. The van der Waals surface area contributed by atoms with E-state index in [1.807, 2.05) is 6.92 Å². The highest BCUT2D eigenvalue weighted by Gasteiger charge is 2.07. The van der Waals surface area contributed by atoms with Crippen LogP contribution in [0.2, 0.25) is 0 Å². The summed E-state index contributed by atoms with van der Waals surface area (Å²) < 4.78 is 5.21. The predicted octanol–water partition coefficient (Wildman–Crippen LogP) is 1.60. The Hall–Kier alpha value is -0.510. The lowest BCUT2D eigenvalue weighted by Gasteiger charge is -2.02. The maximum Gasteiger partial charge on any atom is 0.129 e. The minimum Gasteiger partial charge on any atom is -0.462 e. The SMILES string of the molecule is CC[C@H](N)c1ccc(CO)o1.Cl. The van der Waals surface area contributed by atoms with Gasteiger partial charge < -0.3 is 15.3 Å². The van der Waals surface area contributed by atoms with E-state index in [2.05, 4.69) is 0 Å². The molecule has 1 rings (SSSR count). The topological polar surface area (TPSA) is 59.4 Å². The lowest BCUT2D eigenvalue weighted by Crippen LogP contribution is -2.06. The van der Waals surface area contributed by atoms with Crippen LogP contribution in [0.15, 0.2) is 16.5 Å². The molecular formula is C8H14ClNO2. The number of rotatable bonds is 3. The molecule has 0 aliphatic carbocycles. The zero-order chi connectivity index (χ0) is 8.27. The molecule has 3 nitrogen and oxygen atoms in total. The summed E-state index contributed by atoms with van der Waals surface area (Å²) in [6.07, 6.45) is 0.846. The standard InChI is InChI=1S/C8H13NO2.ClH/c1-2-7(9)8-4-3-6(5-10)11-8;/h3-4,7,10H,2,5,9H2,1H3;1H/t7-;/m0./s1. The summed E-state index contributed by atoms with van der Waals surface area (Å²) in [5.74, 6) is 1.32. The fourth-order valence-corrected chi connectivity index (χ4v) is 0.880. The fourth-order valence-electron chi connectivity index (χ4n) is 0.880. The van der Waals surface area contributed by atoms with Crippen LogP contribution in [0.3, 0.4) is 0 Å². The van der Waals surface area contributed by atoms with Crippen molar-refractivity contribution in [1.82, 2.24) is 0 Å². The van der Waals surface area contributed by atoms with Gasteiger partial charge in [-0.25, -0.2) is 0 Å². The Kier molecular flexibility index (Phi) is 4.97. The van der Waals surface area contributed by atoms with Crippen LogP contribution in [-0.4, -0.2) is 5.11 Å². The van der Waals surface area contributed by atoms with Crippen molar-refractivity contribution in [2.45, 2.75) is 26.0 Å². The first kappa shape index (κ1) is 11.5. The van der Waals surface area contributed by atoms with Crippen LogP contribution in [0, 0.1) is 0 Å². The number of aliphatic hydroxyl groups is 1. The molecule has 12 heavy (non-hydrogen) atoms. The van der Waals surface area contributed by atoms with Gasteiger partial charge in [0, 0.05) is 0 Å². The van der Waals surface area contributed by atoms with Crippen molar-refractivity contribution in [3.05, 3.63) is 23.7 Å². The van der Waals surface area contributed by atoms with E-state index in [9.17, 15) is 0 Å². The summed E-state index contributed by atoms with van der Waals surface area (Å²) in [4.78, 5) is 0. The van der Waals surface area contributed by atoms with Gasteiger partial charge in [-0.3, -0.25) is 0 Å². The zero-order valence-electron chi connectivity index (χ0n) is 6.99. The molecule has 1 aromatic heterocycles. The van der Waals surface area contributed by atoms with Crippen LogP contribution < -0.4 is 5.73 Å². The second kappa shape index (κ2) is 5.19. The van der Waals surface area contributed by atoms with Crippen molar-refractivity contribution in [1.29, 1.82) is 0 Å². The van der Waals surface area contributed by atoms with E-state index in [1.54, 1.807) is 12.1 Å². The van der Waals surface area contributed by atoms with E-state index >= 15 is 0 Å². The van der Waals surface area contributed by atoms with Gasteiger partial charge in [0.1, 0.15) is 18.1 Å². The molecule has 0 aliphatic rings. The third-order valence-electron chi connectivity index (χ3n) is 1.64. The molecule has 1 atom stereocenters. The highest BCUT2D eigenvalue weighted by Crippen LogP contribution is 2.16. The number of aliphatic hydroxyl groups excluding tert-OH is 1. The van der Waals surface area contributed by atoms with Crippen molar-refractivity contribution in [2.24, 2.45) is 5.73 Å². The molecular weight excluding hydrogens is 178 g/mol. The van der Waals surface area contributed by atoms with Gasteiger partial charge in [0.15, 0.2) is 0 Å². The number of nitrogens with two attached hydrogens (primary N) is 1. The maximum atomic E-state index is 8.67. The average molecular weight is 192 g/mol.